The van der Waals surface area contributed by atoms with Gasteiger partial charge < -0.3 is 15.2 Å². The minimum Gasteiger partial charge on any atom is -0.478 e. The molecule has 0 bridgehead atoms. The second-order valence-electron chi connectivity index (χ2n) is 4.70. The third-order valence-electron chi connectivity index (χ3n) is 3.41. The van der Waals surface area contributed by atoms with Gasteiger partial charge in [0.05, 0.1) is 17.6 Å². The zero-order chi connectivity index (χ0) is 14.7. The van der Waals surface area contributed by atoms with Crippen LogP contribution in [-0.2, 0) is 9.53 Å². The quantitative estimate of drug-likeness (QED) is 0.882. The van der Waals surface area contributed by atoms with E-state index < -0.39 is 5.97 Å². The number of benzene rings is 1. The van der Waals surface area contributed by atoms with Crippen LogP contribution in [0.2, 0.25) is 0 Å². The van der Waals surface area contributed by atoms with Crippen LogP contribution in [0.5, 0.6) is 0 Å². The van der Waals surface area contributed by atoms with Crippen LogP contribution in [0.4, 0.5) is 5.69 Å². The second kappa shape index (κ2) is 6.37. The maximum atomic E-state index is 12.2. The van der Waals surface area contributed by atoms with Gasteiger partial charge in [0.25, 0.3) is 0 Å². The zero-order valence-corrected chi connectivity index (χ0v) is 12.6. The summed E-state index contributed by atoms with van der Waals surface area (Å²) in [5.41, 5.74) is 0.606. The molecule has 1 aromatic rings. The number of amides is 1. The lowest BCUT2D eigenvalue weighted by atomic mass is 9.98. The van der Waals surface area contributed by atoms with Crippen LogP contribution < -0.4 is 5.32 Å². The molecule has 6 heteroatoms. The molecule has 1 aliphatic rings. The van der Waals surface area contributed by atoms with Gasteiger partial charge in [-0.25, -0.2) is 4.79 Å². The van der Waals surface area contributed by atoms with E-state index in [2.05, 4.69) is 21.2 Å². The lowest BCUT2D eigenvalue weighted by Crippen LogP contribution is -2.29. The average Bonchev–Trinajstić information content (AvgIpc) is 2.89. The number of aromatic carboxylic acids is 1. The molecule has 2 unspecified atom stereocenters. The molecule has 0 radical (unpaired) electrons. The lowest BCUT2D eigenvalue weighted by Gasteiger charge is -2.16. The van der Waals surface area contributed by atoms with Crippen LogP contribution in [0, 0.1) is 5.92 Å². The first-order chi connectivity index (χ1) is 9.52. The smallest absolute Gasteiger partial charge is 0.336 e. The van der Waals surface area contributed by atoms with E-state index in [-0.39, 0.29) is 23.5 Å². The van der Waals surface area contributed by atoms with E-state index in [0.717, 1.165) is 6.42 Å². The van der Waals surface area contributed by atoms with Gasteiger partial charge in [-0.1, -0.05) is 6.92 Å². The fourth-order valence-corrected chi connectivity index (χ4v) is 2.77. The van der Waals surface area contributed by atoms with E-state index in [0.29, 0.717) is 23.2 Å². The Labute approximate surface area is 125 Å². The Hall–Kier alpha value is -1.40. The average molecular weight is 342 g/mol. The Balaban J connectivity index is 2.12. The van der Waals surface area contributed by atoms with Crippen molar-refractivity contribution in [3.05, 3.63) is 28.2 Å². The Morgan fingerprint density at radius 1 is 1.50 bits per heavy atom. The van der Waals surface area contributed by atoms with Crippen LogP contribution in [0.1, 0.15) is 30.1 Å². The van der Waals surface area contributed by atoms with Crippen molar-refractivity contribution < 1.29 is 19.4 Å². The number of hydrogen-bond donors (Lipinski definition) is 2. The molecule has 2 atom stereocenters. The summed E-state index contributed by atoms with van der Waals surface area (Å²) >= 11 is 3.17. The molecule has 108 valence electrons. The minimum absolute atomic E-state index is 0.0515. The Kier molecular flexibility index (Phi) is 4.77. The van der Waals surface area contributed by atoms with Crippen molar-refractivity contribution in [2.45, 2.75) is 25.9 Å². The van der Waals surface area contributed by atoms with Gasteiger partial charge in [0.15, 0.2) is 0 Å². The van der Waals surface area contributed by atoms with E-state index in [1.807, 2.05) is 6.92 Å². The number of carbonyl (C=O) groups is 2. The summed E-state index contributed by atoms with van der Waals surface area (Å²) in [7, 11) is 0. The molecule has 2 N–H and O–H groups in total. The molecule has 2 rings (SSSR count). The Bertz CT molecular complexity index is 532. The molecule has 1 fully saturated rings. The molecule has 1 aliphatic heterocycles. The highest BCUT2D eigenvalue weighted by atomic mass is 79.9. The van der Waals surface area contributed by atoms with Gasteiger partial charge in [0, 0.05) is 16.8 Å². The van der Waals surface area contributed by atoms with Crippen molar-refractivity contribution in [1.29, 1.82) is 0 Å². The Morgan fingerprint density at radius 2 is 2.25 bits per heavy atom. The molecule has 0 aliphatic carbocycles. The van der Waals surface area contributed by atoms with Gasteiger partial charge in [0.1, 0.15) is 0 Å². The predicted molar refractivity (Wildman–Crippen MR) is 77.9 cm³/mol. The summed E-state index contributed by atoms with van der Waals surface area (Å²) in [6, 6.07) is 4.73. The lowest BCUT2D eigenvalue weighted by molar-refractivity contribution is -0.121. The van der Waals surface area contributed by atoms with Crippen molar-refractivity contribution in [2.24, 2.45) is 5.92 Å². The molecule has 0 aromatic heterocycles. The molecular weight excluding hydrogens is 326 g/mol. The van der Waals surface area contributed by atoms with Gasteiger partial charge in [-0.2, -0.15) is 0 Å². The van der Waals surface area contributed by atoms with E-state index >= 15 is 0 Å². The monoisotopic (exact) mass is 341 g/mol. The molecule has 0 saturated carbocycles. The maximum Gasteiger partial charge on any atom is 0.336 e. The summed E-state index contributed by atoms with van der Waals surface area (Å²) in [6.07, 6.45) is 1.44. The number of carboxylic acids is 1. The highest BCUT2D eigenvalue weighted by Gasteiger charge is 2.32. The van der Waals surface area contributed by atoms with Gasteiger partial charge in [0.2, 0.25) is 5.91 Å². The van der Waals surface area contributed by atoms with E-state index in [1.54, 1.807) is 12.1 Å². The van der Waals surface area contributed by atoms with Crippen molar-refractivity contribution in [1.82, 2.24) is 0 Å². The third kappa shape index (κ3) is 3.19. The topological polar surface area (TPSA) is 75.6 Å². The van der Waals surface area contributed by atoms with Crippen LogP contribution in [0.15, 0.2) is 22.7 Å². The zero-order valence-electron chi connectivity index (χ0n) is 11.1. The number of rotatable bonds is 4. The normalized spacial score (nSPS) is 21.7. The molecule has 20 heavy (non-hydrogen) atoms. The first-order valence-electron chi connectivity index (χ1n) is 6.48. The first kappa shape index (κ1) is 15.0. The first-order valence-corrected chi connectivity index (χ1v) is 7.27. The Morgan fingerprint density at radius 3 is 2.90 bits per heavy atom. The van der Waals surface area contributed by atoms with Crippen molar-refractivity contribution >= 4 is 33.5 Å². The molecular formula is C14H16BrNO4. The van der Waals surface area contributed by atoms with Crippen LogP contribution in [0.3, 0.4) is 0 Å². The van der Waals surface area contributed by atoms with Gasteiger partial charge in [-0.15, -0.1) is 0 Å². The predicted octanol–water partition coefficient (Wildman–Crippen LogP) is 2.90. The van der Waals surface area contributed by atoms with Crippen LogP contribution in [0.25, 0.3) is 0 Å². The molecule has 1 heterocycles. The molecule has 1 amide bonds. The van der Waals surface area contributed by atoms with Gasteiger partial charge in [-0.05, 0) is 47.0 Å². The van der Waals surface area contributed by atoms with Gasteiger partial charge in [-0.3, -0.25) is 4.79 Å². The third-order valence-corrected chi connectivity index (χ3v) is 4.10. The largest absolute Gasteiger partial charge is 0.478 e. The van der Waals surface area contributed by atoms with Crippen molar-refractivity contribution in [3.8, 4) is 0 Å². The molecule has 1 saturated heterocycles. The number of nitrogens with one attached hydrogen (secondary N) is 1. The maximum absolute atomic E-state index is 12.2. The molecule has 1 aromatic carbocycles. The van der Waals surface area contributed by atoms with E-state index in [1.165, 1.54) is 6.07 Å². The summed E-state index contributed by atoms with van der Waals surface area (Å²) in [4.78, 5) is 23.3. The summed E-state index contributed by atoms with van der Waals surface area (Å²) in [6.45, 7) is 2.58. The number of hydrogen-bond acceptors (Lipinski definition) is 3. The van der Waals surface area contributed by atoms with Crippen molar-refractivity contribution in [3.63, 3.8) is 0 Å². The summed E-state index contributed by atoms with van der Waals surface area (Å²) in [5.74, 6) is -1.33. The van der Waals surface area contributed by atoms with Crippen molar-refractivity contribution in [2.75, 3.05) is 11.9 Å². The summed E-state index contributed by atoms with van der Waals surface area (Å²) < 4.78 is 5.98. The fourth-order valence-electron chi connectivity index (χ4n) is 2.35. The van der Waals surface area contributed by atoms with E-state index in [9.17, 15) is 9.59 Å². The number of carboxylic acid groups (broad SMARTS) is 1. The highest BCUT2D eigenvalue weighted by Crippen LogP contribution is 2.26. The number of halogens is 1. The second-order valence-corrected chi connectivity index (χ2v) is 5.56. The fraction of sp³-hybridized carbons (Fsp3) is 0.429. The van der Waals surface area contributed by atoms with Crippen LogP contribution >= 0.6 is 15.9 Å². The SMILES string of the molecule is CCC1OCCC1C(=O)Nc1ccc(Br)c(C(=O)O)c1. The van der Waals surface area contributed by atoms with Crippen LogP contribution in [-0.4, -0.2) is 29.7 Å². The number of anilines is 1. The molecule has 5 nitrogen and oxygen atoms in total. The minimum atomic E-state index is -1.04. The highest BCUT2D eigenvalue weighted by molar-refractivity contribution is 9.10. The molecule has 0 spiro atoms. The summed E-state index contributed by atoms with van der Waals surface area (Å²) in [5, 5.41) is 11.8. The standard InChI is InChI=1S/C14H16BrNO4/c1-2-12-9(5-6-20-12)13(17)16-8-3-4-11(15)10(7-8)14(18)19/h3-4,7,9,12H,2,5-6H2,1H3,(H,16,17)(H,18,19). The number of ether oxygens (including phenoxy) is 1. The number of carbonyl (C=O) groups excluding carboxylic acids is 1. The van der Waals surface area contributed by atoms with Gasteiger partial charge >= 0.3 is 5.97 Å². The van der Waals surface area contributed by atoms with E-state index in [4.69, 9.17) is 9.84 Å².